The van der Waals surface area contributed by atoms with E-state index in [2.05, 4.69) is 21.6 Å². The van der Waals surface area contributed by atoms with Crippen molar-refractivity contribution < 1.29 is 4.79 Å². The van der Waals surface area contributed by atoms with Crippen LogP contribution in [0.5, 0.6) is 0 Å². The molecule has 3 heterocycles. The van der Waals surface area contributed by atoms with Crippen LogP contribution in [0.15, 0.2) is 40.5 Å². The summed E-state index contributed by atoms with van der Waals surface area (Å²) in [6.45, 7) is 2.71. The van der Waals surface area contributed by atoms with Crippen molar-refractivity contribution in [3.63, 3.8) is 0 Å². The molecular weight excluding hydrogens is 310 g/mol. The van der Waals surface area contributed by atoms with Gasteiger partial charge in [0.1, 0.15) is 0 Å². The number of thiophene rings is 1. The molecule has 1 aliphatic rings. The maximum absolute atomic E-state index is 13.0. The minimum atomic E-state index is -0.274. The van der Waals surface area contributed by atoms with Crippen LogP contribution in [0, 0.1) is 0 Å². The second-order valence-corrected chi connectivity index (χ2v) is 6.67. The second-order valence-electron chi connectivity index (χ2n) is 5.67. The van der Waals surface area contributed by atoms with E-state index in [1.165, 1.54) is 10.4 Å². The lowest BCUT2D eigenvalue weighted by Crippen LogP contribution is -2.39. The number of carbonyl (C=O) groups excluding carboxylic acids is 1. The number of aromatic nitrogens is 2. The van der Waals surface area contributed by atoms with Crippen molar-refractivity contribution >= 4 is 28.0 Å². The second kappa shape index (κ2) is 5.31. The molecule has 6 heteroatoms. The fraction of sp³-hybridized carbons (Fsp3) is 0.235. The van der Waals surface area contributed by atoms with Gasteiger partial charge in [0.05, 0.1) is 11.4 Å². The average molecular weight is 325 g/mol. The molecule has 23 heavy (non-hydrogen) atoms. The molecule has 1 atom stereocenters. The summed E-state index contributed by atoms with van der Waals surface area (Å²) in [5.74, 6) is -0.137. The fourth-order valence-corrected chi connectivity index (χ4v) is 4.16. The van der Waals surface area contributed by atoms with E-state index in [1.807, 2.05) is 17.9 Å². The number of aromatic amines is 1. The first-order valence-electron chi connectivity index (χ1n) is 7.51. The lowest BCUT2D eigenvalue weighted by molar-refractivity contribution is 0.0674. The van der Waals surface area contributed by atoms with Gasteiger partial charge in [-0.05, 0) is 36.4 Å². The Labute approximate surface area is 136 Å². The maximum atomic E-state index is 13.0. The van der Waals surface area contributed by atoms with E-state index < -0.39 is 0 Å². The lowest BCUT2D eigenvalue weighted by atomic mass is 10.0. The molecule has 5 nitrogen and oxygen atoms in total. The highest BCUT2D eigenvalue weighted by Crippen LogP contribution is 2.33. The molecule has 4 rings (SSSR count). The van der Waals surface area contributed by atoms with Crippen LogP contribution in [-0.4, -0.2) is 27.5 Å². The Bertz CT molecular complexity index is 960. The molecule has 0 bridgehead atoms. The van der Waals surface area contributed by atoms with Crippen molar-refractivity contribution in [3.8, 4) is 0 Å². The molecule has 2 aromatic heterocycles. The first kappa shape index (κ1) is 14.1. The maximum Gasteiger partial charge on any atom is 0.275 e. The van der Waals surface area contributed by atoms with Gasteiger partial charge in [0.2, 0.25) is 0 Å². The van der Waals surface area contributed by atoms with Gasteiger partial charge in [-0.15, -0.1) is 11.3 Å². The zero-order valence-electron chi connectivity index (χ0n) is 12.6. The highest BCUT2D eigenvalue weighted by molar-refractivity contribution is 7.10. The van der Waals surface area contributed by atoms with Crippen LogP contribution in [0.3, 0.4) is 0 Å². The Morgan fingerprint density at radius 2 is 2.09 bits per heavy atom. The van der Waals surface area contributed by atoms with Gasteiger partial charge in [-0.3, -0.25) is 9.59 Å². The Hall–Kier alpha value is -2.47. The first-order valence-corrected chi connectivity index (χ1v) is 8.39. The number of nitrogens with one attached hydrogen (secondary N) is 1. The number of nitrogens with zero attached hydrogens (tertiary/aromatic N) is 2. The van der Waals surface area contributed by atoms with Gasteiger partial charge in [0.25, 0.3) is 11.5 Å². The molecule has 0 spiro atoms. The highest BCUT2D eigenvalue weighted by atomic mass is 32.1. The zero-order valence-corrected chi connectivity index (χ0v) is 13.4. The zero-order chi connectivity index (χ0) is 16.0. The number of benzene rings is 1. The van der Waals surface area contributed by atoms with E-state index in [4.69, 9.17) is 0 Å². The normalized spacial score (nSPS) is 17.3. The minimum Gasteiger partial charge on any atom is -0.330 e. The number of carbonyl (C=O) groups is 1. The number of amides is 1. The first-order chi connectivity index (χ1) is 11.2. The van der Waals surface area contributed by atoms with Gasteiger partial charge in [-0.1, -0.05) is 18.2 Å². The van der Waals surface area contributed by atoms with E-state index in [1.54, 1.807) is 29.5 Å². The van der Waals surface area contributed by atoms with E-state index in [0.29, 0.717) is 23.0 Å². The Morgan fingerprint density at radius 1 is 1.30 bits per heavy atom. The van der Waals surface area contributed by atoms with Gasteiger partial charge in [0, 0.05) is 16.8 Å². The summed E-state index contributed by atoms with van der Waals surface area (Å²) in [5.41, 5.74) is 1.25. The lowest BCUT2D eigenvalue weighted by Gasteiger charge is -2.33. The third-order valence-electron chi connectivity index (χ3n) is 4.44. The quantitative estimate of drug-likeness (QED) is 0.748. The third kappa shape index (κ3) is 2.17. The van der Waals surface area contributed by atoms with E-state index in [-0.39, 0.29) is 17.5 Å². The largest absolute Gasteiger partial charge is 0.330 e. The van der Waals surface area contributed by atoms with Crippen molar-refractivity contribution in [2.24, 2.45) is 0 Å². The smallest absolute Gasteiger partial charge is 0.275 e. The molecule has 116 valence electrons. The summed E-state index contributed by atoms with van der Waals surface area (Å²) in [5, 5.41) is 9.64. The number of H-pyrrole nitrogens is 1. The topological polar surface area (TPSA) is 66.1 Å². The summed E-state index contributed by atoms with van der Waals surface area (Å²) in [6, 6.07) is 9.19. The Balaban J connectivity index is 1.79. The van der Waals surface area contributed by atoms with Crippen LogP contribution in [-0.2, 0) is 6.42 Å². The fourth-order valence-electron chi connectivity index (χ4n) is 3.20. The van der Waals surface area contributed by atoms with Crippen LogP contribution in [0.1, 0.15) is 33.9 Å². The molecule has 1 N–H and O–H groups in total. The standard InChI is InChI=1S/C17H15N3O2S/c1-10-11-7-9-23-14(11)6-8-20(10)17(22)15-12-4-2-3-5-13(12)16(21)19-18-15/h2-5,7,9-10H,6,8H2,1H3,(H,19,21)/t10-/m1/s1. The summed E-state index contributed by atoms with van der Waals surface area (Å²) < 4.78 is 0. The summed E-state index contributed by atoms with van der Waals surface area (Å²) in [6.07, 6.45) is 0.865. The molecule has 0 saturated carbocycles. The summed E-state index contributed by atoms with van der Waals surface area (Å²) in [4.78, 5) is 28.1. The molecule has 0 fully saturated rings. The Kier molecular flexibility index (Phi) is 3.27. The minimum absolute atomic E-state index is 0.0185. The summed E-state index contributed by atoms with van der Waals surface area (Å²) in [7, 11) is 0. The highest BCUT2D eigenvalue weighted by Gasteiger charge is 2.30. The van der Waals surface area contributed by atoms with Gasteiger partial charge in [0.15, 0.2) is 5.69 Å². The van der Waals surface area contributed by atoms with Crippen LogP contribution >= 0.6 is 11.3 Å². The average Bonchev–Trinajstić information content (AvgIpc) is 3.05. The van der Waals surface area contributed by atoms with Crippen molar-refractivity contribution in [1.82, 2.24) is 15.1 Å². The molecule has 1 amide bonds. The number of hydrogen-bond donors (Lipinski definition) is 1. The van der Waals surface area contributed by atoms with Gasteiger partial charge >= 0.3 is 0 Å². The predicted octanol–water partition coefficient (Wildman–Crippen LogP) is 2.74. The number of hydrogen-bond acceptors (Lipinski definition) is 4. The third-order valence-corrected chi connectivity index (χ3v) is 5.43. The monoisotopic (exact) mass is 325 g/mol. The predicted molar refractivity (Wildman–Crippen MR) is 89.8 cm³/mol. The molecule has 1 aliphatic heterocycles. The summed E-state index contributed by atoms with van der Waals surface area (Å²) >= 11 is 1.74. The van der Waals surface area contributed by atoms with Gasteiger partial charge in [-0.2, -0.15) is 5.10 Å². The molecule has 1 aromatic carbocycles. The molecule has 3 aromatic rings. The molecule has 0 aliphatic carbocycles. The SMILES string of the molecule is C[C@@H]1c2ccsc2CCN1C(=O)c1n[nH]c(=O)c2ccccc12. The van der Waals surface area contributed by atoms with Crippen molar-refractivity contribution in [1.29, 1.82) is 0 Å². The van der Waals surface area contributed by atoms with Crippen molar-refractivity contribution in [3.05, 3.63) is 62.2 Å². The van der Waals surface area contributed by atoms with Crippen molar-refractivity contribution in [2.75, 3.05) is 6.54 Å². The van der Waals surface area contributed by atoms with Crippen LogP contribution in [0.4, 0.5) is 0 Å². The van der Waals surface area contributed by atoms with E-state index >= 15 is 0 Å². The van der Waals surface area contributed by atoms with Gasteiger partial charge in [-0.25, -0.2) is 5.10 Å². The number of rotatable bonds is 1. The van der Waals surface area contributed by atoms with Gasteiger partial charge < -0.3 is 4.90 Å². The molecule has 0 saturated heterocycles. The van der Waals surface area contributed by atoms with Crippen molar-refractivity contribution in [2.45, 2.75) is 19.4 Å². The molecular formula is C17H15N3O2S. The van der Waals surface area contributed by atoms with E-state index in [0.717, 1.165) is 6.42 Å². The van der Waals surface area contributed by atoms with Crippen LogP contribution < -0.4 is 5.56 Å². The molecule has 0 radical (unpaired) electrons. The van der Waals surface area contributed by atoms with Crippen LogP contribution in [0.25, 0.3) is 10.8 Å². The van der Waals surface area contributed by atoms with E-state index in [9.17, 15) is 9.59 Å². The number of fused-ring (bicyclic) bond motifs is 2. The molecule has 0 unspecified atom stereocenters. The Morgan fingerprint density at radius 3 is 2.91 bits per heavy atom. The van der Waals surface area contributed by atoms with Crippen LogP contribution in [0.2, 0.25) is 0 Å².